The van der Waals surface area contributed by atoms with Gasteiger partial charge in [0.2, 0.25) is 5.88 Å². The van der Waals surface area contributed by atoms with E-state index in [-0.39, 0.29) is 5.54 Å². The Hall–Kier alpha value is -0.610. The van der Waals surface area contributed by atoms with Crippen molar-refractivity contribution in [1.29, 1.82) is 0 Å². The highest BCUT2D eigenvalue weighted by atomic mass is 79.9. The Morgan fingerprint density at radius 3 is 2.56 bits per heavy atom. The van der Waals surface area contributed by atoms with Crippen molar-refractivity contribution in [2.75, 3.05) is 6.61 Å². The zero-order valence-electron chi connectivity index (χ0n) is 10.1. The standard InChI is InChI=1S/C12H19BrN2O/c1-4-12(14,5-2)8-16-11-6-9(3)10(13)7-15-11/h6-7H,4-5,8,14H2,1-3H3. The summed E-state index contributed by atoms with van der Waals surface area (Å²) in [7, 11) is 0. The summed E-state index contributed by atoms with van der Waals surface area (Å²) in [5.41, 5.74) is 7.01. The summed E-state index contributed by atoms with van der Waals surface area (Å²) in [5, 5.41) is 0. The molecule has 1 aromatic rings. The zero-order valence-corrected chi connectivity index (χ0v) is 11.7. The van der Waals surface area contributed by atoms with Crippen LogP contribution in [0.2, 0.25) is 0 Å². The third-order valence-corrected chi connectivity index (χ3v) is 3.77. The molecular weight excluding hydrogens is 268 g/mol. The summed E-state index contributed by atoms with van der Waals surface area (Å²) in [6.45, 7) is 6.67. The fraction of sp³-hybridized carbons (Fsp3) is 0.583. The fourth-order valence-corrected chi connectivity index (χ4v) is 1.48. The Labute approximate surface area is 106 Å². The van der Waals surface area contributed by atoms with Crippen LogP contribution in [-0.4, -0.2) is 17.1 Å². The van der Waals surface area contributed by atoms with Crippen molar-refractivity contribution in [3.8, 4) is 5.88 Å². The maximum atomic E-state index is 6.15. The molecule has 0 aliphatic carbocycles. The van der Waals surface area contributed by atoms with Gasteiger partial charge in [0, 0.05) is 22.3 Å². The van der Waals surface area contributed by atoms with E-state index in [1.165, 1.54) is 0 Å². The molecule has 16 heavy (non-hydrogen) atoms. The molecule has 1 aromatic heterocycles. The second kappa shape index (κ2) is 5.64. The number of hydrogen-bond acceptors (Lipinski definition) is 3. The first-order chi connectivity index (χ1) is 7.50. The Kier molecular flexibility index (Phi) is 4.74. The summed E-state index contributed by atoms with van der Waals surface area (Å²) >= 11 is 3.40. The molecule has 0 unspecified atom stereocenters. The lowest BCUT2D eigenvalue weighted by atomic mass is 9.96. The molecule has 0 aliphatic rings. The number of rotatable bonds is 5. The normalized spacial score (nSPS) is 11.6. The van der Waals surface area contributed by atoms with E-state index >= 15 is 0 Å². The summed E-state index contributed by atoms with van der Waals surface area (Å²) in [4.78, 5) is 4.19. The first-order valence-corrected chi connectivity index (χ1v) is 6.34. The van der Waals surface area contributed by atoms with Gasteiger partial charge in [-0.25, -0.2) is 4.98 Å². The van der Waals surface area contributed by atoms with Crippen LogP contribution < -0.4 is 10.5 Å². The van der Waals surface area contributed by atoms with Gasteiger partial charge in [-0.2, -0.15) is 0 Å². The van der Waals surface area contributed by atoms with Gasteiger partial charge < -0.3 is 10.5 Å². The number of hydrogen-bond donors (Lipinski definition) is 1. The Morgan fingerprint density at radius 1 is 1.44 bits per heavy atom. The topological polar surface area (TPSA) is 48.1 Å². The van der Waals surface area contributed by atoms with E-state index in [0.29, 0.717) is 12.5 Å². The minimum atomic E-state index is -0.247. The minimum absolute atomic E-state index is 0.247. The lowest BCUT2D eigenvalue weighted by Gasteiger charge is -2.26. The van der Waals surface area contributed by atoms with Gasteiger partial charge in [-0.3, -0.25) is 0 Å². The van der Waals surface area contributed by atoms with Crippen LogP contribution in [0.25, 0.3) is 0 Å². The van der Waals surface area contributed by atoms with Crippen molar-refractivity contribution in [3.63, 3.8) is 0 Å². The van der Waals surface area contributed by atoms with E-state index in [9.17, 15) is 0 Å². The molecule has 4 heteroatoms. The average Bonchev–Trinajstić information content (AvgIpc) is 2.30. The van der Waals surface area contributed by atoms with Crippen LogP contribution in [0.1, 0.15) is 32.3 Å². The van der Waals surface area contributed by atoms with Gasteiger partial charge in [0.1, 0.15) is 6.61 Å². The zero-order chi connectivity index (χ0) is 12.2. The maximum Gasteiger partial charge on any atom is 0.213 e. The molecule has 0 aliphatic heterocycles. The molecule has 0 fully saturated rings. The quantitative estimate of drug-likeness (QED) is 0.905. The number of pyridine rings is 1. The van der Waals surface area contributed by atoms with Gasteiger partial charge >= 0.3 is 0 Å². The van der Waals surface area contributed by atoms with Crippen LogP contribution in [0.3, 0.4) is 0 Å². The highest BCUT2D eigenvalue weighted by molar-refractivity contribution is 9.10. The van der Waals surface area contributed by atoms with E-state index in [0.717, 1.165) is 22.9 Å². The molecule has 1 rings (SSSR count). The van der Waals surface area contributed by atoms with E-state index in [2.05, 4.69) is 34.8 Å². The van der Waals surface area contributed by atoms with Crippen LogP contribution in [-0.2, 0) is 0 Å². The van der Waals surface area contributed by atoms with Gasteiger partial charge in [-0.15, -0.1) is 0 Å². The van der Waals surface area contributed by atoms with Crippen molar-refractivity contribution in [3.05, 3.63) is 22.3 Å². The van der Waals surface area contributed by atoms with E-state index in [1.807, 2.05) is 13.0 Å². The Morgan fingerprint density at radius 2 is 2.06 bits per heavy atom. The molecule has 3 nitrogen and oxygen atoms in total. The lowest BCUT2D eigenvalue weighted by Crippen LogP contribution is -2.44. The molecule has 0 bridgehead atoms. The maximum absolute atomic E-state index is 6.15. The fourth-order valence-electron chi connectivity index (χ4n) is 1.26. The molecule has 0 saturated heterocycles. The van der Waals surface area contributed by atoms with Crippen LogP contribution in [0.5, 0.6) is 5.88 Å². The van der Waals surface area contributed by atoms with Gasteiger partial charge in [0.15, 0.2) is 0 Å². The minimum Gasteiger partial charge on any atom is -0.476 e. The van der Waals surface area contributed by atoms with Crippen LogP contribution in [0, 0.1) is 6.92 Å². The number of nitrogens with two attached hydrogens (primary N) is 1. The van der Waals surface area contributed by atoms with Crippen molar-refractivity contribution in [2.24, 2.45) is 5.73 Å². The van der Waals surface area contributed by atoms with Crippen molar-refractivity contribution >= 4 is 15.9 Å². The summed E-state index contributed by atoms with van der Waals surface area (Å²) in [6, 6.07) is 1.91. The molecule has 0 saturated carbocycles. The van der Waals surface area contributed by atoms with Crippen LogP contribution >= 0.6 is 15.9 Å². The summed E-state index contributed by atoms with van der Waals surface area (Å²) in [5.74, 6) is 0.637. The molecular formula is C12H19BrN2O. The summed E-state index contributed by atoms with van der Waals surface area (Å²) < 4.78 is 6.62. The molecule has 0 radical (unpaired) electrons. The van der Waals surface area contributed by atoms with Gasteiger partial charge in [-0.05, 0) is 41.3 Å². The first kappa shape index (κ1) is 13.5. The molecule has 0 aromatic carbocycles. The Balaban J connectivity index is 2.64. The molecule has 90 valence electrons. The second-order valence-electron chi connectivity index (χ2n) is 4.13. The Bertz CT molecular complexity index is 351. The predicted molar refractivity (Wildman–Crippen MR) is 69.7 cm³/mol. The second-order valence-corrected chi connectivity index (χ2v) is 4.98. The monoisotopic (exact) mass is 286 g/mol. The number of aryl methyl sites for hydroxylation is 1. The third-order valence-electron chi connectivity index (χ3n) is 2.94. The van der Waals surface area contributed by atoms with Gasteiger partial charge in [0.25, 0.3) is 0 Å². The molecule has 1 heterocycles. The SMILES string of the molecule is CCC(N)(CC)COc1cc(C)c(Br)cn1. The molecule has 0 amide bonds. The highest BCUT2D eigenvalue weighted by Gasteiger charge is 2.21. The van der Waals surface area contributed by atoms with E-state index in [1.54, 1.807) is 6.20 Å². The van der Waals surface area contributed by atoms with Crippen LogP contribution in [0.4, 0.5) is 0 Å². The number of halogens is 1. The average molecular weight is 287 g/mol. The van der Waals surface area contributed by atoms with Crippen molar-refractivity contribution in [1.82, 2.24) is 4.98 Å². The number of ether oxygens (including phenoxy) is 1. The van der Waals surface area contributed by atoms with E-state index in [4.69, 9.17) is 10.5 Å². The van der Waals surface area contributed by atoms with Gasteiger partial charge in [0.05, 0.1) is 0 Å². The van der Waals surface area contributed by atoms with Crippen molar-refractivity contribution < 1.29 is 4.74 Å². The highest BCUT2D eigenvalue weighted by Crippen LogP contribution is 2.20. The third kappa shape index (κ3) is 3.46. The summed E-state index contributed by atoms with van der Waals surface area (Å²) in [6.07, 6.45) is 3.55. The molecule has 0 spiro atoms. The van der Waals surface area contributed by atoms with Crippen LogP contribution in [0.15, 0.2) is 16.7 Å². The molecule has 2 N–H and O–H groups in total. The number of aromatic nitrogens is 1. The molecule has 0 atom stereocenters. The van der Waals surface area contributed by atoms with Gasteiger partial charge in [-0.1, -0.05) is 13.8 Å². The number of nitrogens with zero attached hydrogens (tertiary/aromatic N) is 1. The smallest absolute Gasteiger partial charge is 0.213 e. The largest absolute Gasteiger partial charge is 0.476 e. The predicted octanol–water partition coefficient (Wildman–Crippen LogP) is 3.05. The lowest BCUT2D eigenvalue weighted by molar-refractivity contribution is 0.200. The van der Waals surface area contributed by atoms with Crippen molar-refractivity contribution in [2.45, 2.75) is 39.2 Å². The van der Waals surface area contributed by atoms with E-state index < -0.39 is 0 Å². The first-order valence-electron chi connectivity index (χ1n) is 5.54.